The molecule has 0 aromatic heterocycles. The van der Waals surface area contributed by atoms with Crippen LogP contribution in [0.25, 0.3) is 0 Å². The zero-order valence-corrected chi connectivity index (χ0v) is 13.7. The number of ether oxygens (including phenoxy) is 5. The molecule has 2 rings (SSSR count). The average Bonchev–Trinajstić information content (AvgIpc) is 2.88. The lowest BCUT2D eigenvalue weighted by atomic mass is 9.89. The number of rotatable bonds is 4. The number of esters is 1. The van der Waals surface area contributed by atoms with E-state index in [4.69, 9.17) is 24.7 Å². The molecule has 9 nitrogen and oxygen atoms in total. The van der Waals surface area contributed by atoms with Gasteiger partial charge in [0, 0.05) is 13.5 Å². The van der Waals surface area contributed by atoms with Gasteiger partial charge in [0.05, 0.1) is 25.9 Å². The molecular formula is C14H25NO8. The van der Waals surface area contributed by atoms with Crippen LogP contribution in [0.5, 0.6) is 0 Å². The van der Waals surface area contributed by atoms with E-state index in [1.807, 2.05) is 0 Å². The third-order valence-corrected chi connectivity index (χ3v) is 4.20. The number of methoxy groups -OCH3 is 2. The van der Waals surface area contributed by atoms with E-state index in [-0.39, 0.29) is 13.0 Å². The van der Waals surface area contributed by atoms with Gasteiger partial charge in [-0.05, 0) is 13.8 Å². The van der Waals surface area contributed by atoms with Gasteiger partial charge in [-0.15, -0.1) is 0 Å². The summed E-state index contributed by atoms with van der Waals surface area (Å²) in [5, 5.41) is 20.7. The van der Waals surface area contributed by atoms with Crippen molar-refractivity contribution in [1.82, 2.24) is 0 Å². The second-order valence-corrected chi connectivity index (χ2v) is 6.24. The highest BCUT2D eigenvalue weighted by molar-refractivity contribution is 5.78. The van der Waals surface area contributed by atoms with Gasteiger partial charge in [-0.2, -0.15) is 0 Å². The second kappa shape index (κ2) is 6.60. The van der Waals surface area contributed by atoms with Crippen LogP contribution in [0.15, 0.2) is 0 Å². The molecular weight excluding hydrogens is 310 g/mol. The van der Waals surface area contributed by atoms with Crippen LogP contribution in [-0.2, 0) is 28.5 Å². The Morgan fingerprint density at radius 2 is 2.00 bits per heavy atom. The maximum absolute atomic E-state index is 12.0. The Morgan fingerprint density at radius 3 is 2.48 bits per heavy atom. The maximum atomic E-state index is 12.0. The van der Waals surface area contributed by atoms with Gasteiger partial charge >= 0.3 is 5.97 Å². The smallest absolute Gasteiger partial charge is 0.366 e. The molecule has 2 fully saturated rings. The van der Waals surface area contributed by atoms with Crippen molar-refractivity contribution in [1.29, 1.82) is 0 Å². The first kappa shape index (κ1) is 18.5. The van der Waals surface area contributed by atoms with Crippen molar-refractivity contribution in [2.75, 3.05) is 20.8 Å². The highest BCUT2D eigenvalue weighted by Gasteiger charge is 2.55. The Balaban J connectivity index is 2.20. The molecule has 2 saturated heterocycles. The fraction of sp³-hybridized carbons (Fsp3) is 0.929. The topological polar surface area (TPSA) is 130 Å². The summed E-state index contributed by atoms with van der Waals surface area (Å²) in [6.45, 7) is 3.56. The monoisotopic (exact) mass is 335 g/mol. The van der Waals surface area contributed by atoms with E-state index in [1.54, 1.807) is 13.8 Å². The van der Waals surface area contributed by atoms with Crippen molar-refractivity contribution in [3.05, 3.63) is 0 Å². The molecule has 2 aliphatic rings. The van der Waals surface area contributed by atoms with Crippen LogP contribution in [0, 0.1) is 0 Å². The molecule has 0 aromatic rings. The van der Waals surface area contributed by atoms with Gasteiger partial charge in [-0.1, -0.05) is 0 Å². The summed E-state index contributed by atoms with van der Waals surface area (Å²) in [4.78, 5) is 12.0. The molecule has 4 N–H and O–H groups in total. The number of carbonyl (C=O) groups is 1. The molecule has 134 valence electrons. The quantitative estimate of drug-likeness (QED) is 0.525. The average molecular weight is 335 g/mol. The first-order chi connectivity index (χ1) is 10.7. The second-order valence-electron chi connectivity index (χ2n) is 6.24. The van der Waals surface area contributed by atoms with Crippen molar-refractivity contribution in [2.24, 2.45) is 5.73 Å². The highest BCUT2D eigenvalue weighted by Crippen LogP contribution is 2.35. The highest BCUT2D eigenvalue weighted by atomic mass is 16.8. The molecule has 0 unspecified atom stereocenters. The third-order valence-electron chi connectivity index (χ3n) is 4.20. The number of hydrogen-bond acceptors (Lipinski definition) is 9. The first-order valence-electron chi connectivity index (χ1n) is 7.40. The summed E-state index contributed by atoms with van der Waals surface area (Å²) < 4.78 is 26.4. The fourth-order valence-electron chi connectivity index (χ4n) is 2.87. The maximum Gasteiger partial charge on any atom is 0.366 e. The summed E-state index contributed by atoms with van der Waals surface area (Å²) in [7, 11) is 2.43. The van der Waals surface area contributed by atoms with E-state index in [0.717, 1.165) is 0 Å². The van der Waals surface area contributed by atoms with Crippen molar-refractivity contribution in [3.63, 3.8) is 0 Å². The lowest BCUT2D eigenvalue weighted by Gasteiger charge is -2.45. The van der Waals surface area contributed by atoms with E-state index in [2.05, 4.69) is 4.74 Å². The normalized spacial score (nSPS) is 41.5. The van der Waals surface area contributed by atoms with Crippen LogP contribution in [0.2, 0.25) is 0 Å². The van der Waals surface area contributed by atoms with Crippen LogP contribution in [0.1, 0.15) is 20.3 Å². The Kier molecular flexibility index (Phi) is 5.31. The predicted molar refractivity (Wildman–Crippen MR) is 76.1 cm³/mol. The lowest BCUT2D eigenvalue weighted by molar-refractivity contribution is -0.303. The molecule has 23 heavy (non-hydrogen) atoms. The van der Waals surface area contributed by atoms with E-state index in [9.17, 15) is 15.0 Å². The molecule has 2 aliphatic heterocycles. The molecule has 0 radical (unpaired) electrons. The Hall–Kier alpha value is -0.810. The van der Waals surface area contributed by atoms with Gasteiger partial charge in [0.1, 0.15) is 18.3 Å². The summed E-state index contributed by atoms with van der Waals surface area (Å²) in [6, 6.07) is -0.926. The van der Waals surface area contributed by atoms with Crippen LogP contribution >= 0.6 is 0 Å². The minimum atomic E-state index is -1.83. The fourth-order valence-corrected chi connectivity index (χ4v) is 2.87. The predicted octanol–water partition coefficient (Wildman–Crippen LogP) is -1.51. The summed E-state index contributed by atoms with van der Waals surface area (Å²) >= 11 is 0. The van der Waals surface area contributed by atoms with Gasteiger partial charge < -0.3 is 39.6 Å². The zero-order valence-electron chi connectivity index (χ0n) is 13.7. The minimum Gasteiger partial charge on any atom is -0.465 e. The SMILES string of the molecule is COC(=O)[C@]1(OC)C[C@H](O)[C@@H](N)[C@H]([C@H](O)[C@H]2COC(C)(C)O2)O1. The van der Waals surface area contributed by atoms with Crippen molar-refractivity contribution < 1.29 is 38.7 Å². The van der Waals surface area contributed by atoms with E-state index >= 15 is 0 Å². The van der Waals surface area contributed by atoms with Gasteiger partial charge in [0.2, 0.25) is 0 Å². The van der Waals surface area contributed by atoms with Crippen LogP contribution in [-0.4, -0.2) is 79.0 Å². The molecule has 6 atom stereocenters. The van der Waals surface area contributed by atoms with Gasteiger partial charge in [0.15, 0.2) is 5.79 Å². The Labute approximate surface area is 134 Å². The molecule has 0 bridgehead atoms. The molecule has 0 amide bonds. The summed E-state index contributed by atoms with van der Waals surface area (Å²) in [5.41, 5.74) is 5.94. The van der Waals surface area contributed by atoms with Gasteiger partial charge in [-0.3, -0.25) is 0 Å². The summed E-state index contributed by atoms with van der Waals surface area (Å²) in [5.74, 6) is -3.49. The Bertz CT molecular complexity index is 444. The third kappa shape index (κ3) is 3.50. The van der Waals surface area contributed by atoms with Crippen molar-refractivity contribution in [3.8, 4) is 0 Å². The van der Waals surface area contributed by atoms with E-state index in [0.29, 0.717) is 0 Å². The minimum absolute atomic E-state index is 0.134. The molecule has 0 aliphatic carbocycles. The largest absolute Gasteiger partial charge is 0.465 e. The number of hydrogen-bond donors (Lipinski definition) is 3. The zero-order chi connectivity index (χ0) is 17.4. The summed E-state index contributed by atoms with van der Waals surface area (Å²) in [6.07, 6.45) is -4.36. The van der Waals surface area contributed by atoms with Gasteiger partial charge in [-0.25, -0.2) is 4.79 Å². The molecule has 0 saturated carbocycles. The molecule has 0 aromatic carbocycles. The van der Waals surface area contributed by atoms with Crippen molar-refractivity contribution >= 4 is 5.97 Å². The standard InChI is InChI=1S/C14H25NO8/c1-13(2)21-6-8(22-13)10(17)11-9(15)7(16)5-14(20-4,23-11)12(18)19-3/h7-11,16-17H,5-6,15H2,1-4H3/t7-,8+,9+,10+,11+,14-/m0/s1. The van der Waals surface area contributed by atoms with Crippen LogP contribution < -0.4 is 5.73 Å². The Morgan fingerprint density at radius 1 is 1.35 bits per heavy atom. The number of carbonyl (C=O) groups excluding carboxylic acids is 1. The van der Waals surface area contributed by atoms with E-state index in [1.165, 1.54) is 14.2 Å². The number of aliphatic hydroxyl groups excluding tert-OH is 2. The van der Waals surface area contributed by atoms with Crippen LogP contribution in [0.3, 0.4) is 0 Å². The van der Waals surface area contributed by atoms with Crippen LogP contribution in [0.4, 0.5) is 0 Å². The van der Waals surface area contributed by atoms with Gasteiger partial charge in [0.25, 0.3) is 5.79 Å². The first-order valence-corrected chi connectivity index (χ1v) is 7.40. The molecule has 9 heteroatoms. The number of aliphatic hydroxyl groups is 2. The van der Waals surface area contributed by atoms with Crippen molar-refractivity contribution in [2.45, 2.75) is 62.3 Å². The lowest BCUT2D eigenvalue weighted by Crippen LogP contribution is -2.66. The molecule has 0 spiro atoms. The molecule has 2 heterocycles. The number of nitrogens with two attached hydrogens (primary N) is 1. The van der Waals surface area contributed by atoms with E-state index < -0.39 is 48.0 Å².